The zero-order valence-electron chi connectivity index (χ0n) is 16.9. The van der Waals surface area contributed by atoms with Crippen LogP contribution in [0.4, 0.5) is 13.2 Å². The van der Waals surface area contributed by atoms with Gasteiger partial charge in [0.2, 0.25) is 0 Å². The molecule has 1 N–H and O–H groups in total. The van der Waals surface area contributed by atoms with E-state index >= 15 is 0 Å². The number of benzene rings is 2. The first-order chi connectivity index (χ1) is 13.8. The molecule has 0 aliphatic heterocycles. The van der Waals surface area contributed by atoms with Crippen LogP contribution in [0.2, 0.25) is 0 Å². The minimum Gasteiger partial charge on any atom is -0.348 e. The molecule has 2 aromatic rings. The van der Waals surface area contributed by atoms with Gasteiger partial charge in [-0.2, -0.15) is 13.2 Å². The van der Waals surface area contributed by atoms with Crippen LogP contribution in [0.3, 0.4) is 0 Å². The van der Waals surface area contributed by atoms with Gasteiger partial charge in [0.05, 0.1) is 5.56 Å². The molecule has 0 heterocycles. The maximum atomic E-state index is 12.9. The second kappa shape index (κ2) is 9.02. The normalized spacial score (nSPS) is 15.5. The van der Waals surface area contributed by atoms with Crippen LogP contribution in [0.1, 0.15) is 84.5 Å². The van der Waals surface area contributed by atoms with E-state index in [9.17, 15) is 18.0 Å². The quantitative estimate of drug-likeness (QED) is 0.596. The van der Waals surface area contributed by atoms with E-state index in [1.54, 1.807) is 0 Å². The number of rotatable bonds is 5. The third kappa shape index (κ3) is 5.40. The van der Waals surface area contributed by atoms with Crippen LogP contribution in [0.25, 0.3) is 0 Å². The van der Waals surface area contributed by atoms with Crippen molar-refractivity contribution in [1.29, 1.82) is 0 Å². The number of nitrogens with one attached hydrogen (secondary N) is 1. The average Bonchev–Trinajstić information content (AvgIpc) is 2.72. The molecular formula is C24H27F3NO. The second-order valence-corrected chi connectivity index (χ2v) is 8.02. The number of amides is 1. The van der Waals surface area contributed by atoms with Crippen LogP contribution in [-0.4, -0.2) is 5.91 Å². The molecule has 1 radical (unpaired) electrons. The molecule has 0 unspecified atom stereocenters. The highest BCUT2D eigenvalue weighted by Gasteiger charge is 2.30. The van der Waals surface area contributed by atoms with E-state index in [1.807, 2.05) is 6.07 Å². The number of hydrogen-bond donors (Lipinski definition) is 1. The Morgan fingerprint density at radius 3 is 2.41 bits per heavy atom. The minimum atomic E-state index is -4.46. The lowest BCUT2D eigenvalue weighted by Gasteiger charge is -2.26. The maximum Gasteiger partial charge on any atom is 0.416 e. The van der Waals surface area contributed by atoms with Crippen molar-refractivity contribution in [1.82, 2.24) is 5.32 Å². The minimum absolute atomic E-state index is 0.0154. The summed E-state index contributed by atoms with van der Waals surface area (Å²) in [5.41, 5.74) is 2.76. The van der Waals surface area contributed by atoms with E-state index in [2.05, 4.69) is 31.3 Å². The molecule has 2 nitrogen and oxygen atoms in total. The third-order valence-electron chi connectivity index (χ3n) is 5.60. The molecule has 1 fully saturated rings. The Morgan fingerprint density at radius 1 is 1.03 bits per heavy atom. The average molecular weight is 402 g/mol. The van der Waals surface area contributed by atoms with E-state index < -0.39 is 17.6 Å². The fraction of sp³-hybridized carbons (Fsp3) is 0.417. The topological polar surface area (TPSA) is 29.1 Å². The molecule has 29 heavy (non-hydrogen) atoms. The van der Waals surface area contributed by atoms with Gasteiger partial charge in [-0.3, -0.25) is 4.79 Å². The highest BCUT2D eigenvalue weighted by atomic mass is 19.4. The third-order valence-corrected chi connectivity index (χ3v) is 5.60. The van der Waals surface area contributed by atoms with Crippen molar-refractivity contribution in [2.75, 3.05) is 0 Å². The van der Waals surface area contributed by atoms with Gasteiger partial charge in [0.15, 0.2) is 0 Å². The summed E-state index contributed by atoms with van der Waals surface area (Å²) in [6.45, 7) is 4.51. The summed E-state index contributed by atoms with van der Waals surface area (Å²) in [4.78, 5) is 12.4. The lowest BCUT2D eigenvalue weighted by Crippen LogP contribution is -2.23. The van der Waals surface area contributed by atoms with Gasteiger partial charge in [0, 0.05) is 12.1 Å². The summed E-state index contributed by atoms with van der Waals surface area (Å²) in [5.74, 6) is 1.30. The first-order valence-corrected chi connectivity index (χ1v) is 10.1. The van der Waals surface area contributed by atoms with Crippen molar-refractivity contribution in [2.24, 2.45) is 0 Å². The molecule has 5 heteroatoms. The van der Waals surface area contributed by atoms with Crippen LogP contribution in [0.15, 0.2) is 42.5 Å². The van der Waals surface area contributed by atoms with Crippen LogP contribution in [0.5, 0.6) is 0 Å². The molecule has 0 saturated heterocycles. The number of carbonyl (C=O) groups excluding carboxylic acids is 1. The fourth-order valence-corrected chi connectivity index (χ4v) is 4.05. The highest BCUT2D eigenvalue weighted by molar-refractivity contribution is 5.94. The maximum absolute atomic E-state index is 12.9. The highest BCUT2D eigenvalue weighted by Crippen LogP contribution is 2.37. The van der Waals surface area contributed by atoms with E-state index in [-0.39, 0.29) is 12.1 Å². The molecule has 1 aliphatic carbocycles. The molecule has 1 aliphatic rings. The largest absolute Gasteiger partial charge is 0.416 e. The molecular weight excluding hydrogens is 375 g/mol. The fourth-order valence-electron chi connectivity index (χ4n) is 4.05. The van der Waals surface area contributed by atoms with Crippen LogP contribution in [-0.2, 0) is 12.7 Å². The van der Waals surface area contributed by atoms with E-state index in [4.69, 9.17) is 0 Å². The molecule has 3 rings (SSSR count). The molecule has 0 aromatic heterocycles. The van der Waals surface area contributed by atoms with Crippen molar-refractivity contribution < 1.29 is 18.0 Å². The first kappa shape index (κ1) is 21.4. The molecule has 2 aromatic carbocycles. The van der Waals surface area contributed by atoms with Crippen LogP contribution < -0.4 is 5.32 Å². The standard InChI is InChI=1S/C24H27F3NO/c1-16(2)21-12-11-17(13-22(21)18-7-4-3-5-8-18)15-28-23(29)19-9-6-10-20(14-19)24(25,26)27/h6,9-14,18H,3-5,7-8,15H2,1-2H3,(H,28,29). The molecule has 1 amide bonds. The van der Waals surface area contributed by atoms with Gasteiger partial charge < -0.3 is 5.32 Å². The van der Waals surface area contributed by atoms with E-state index in [0.717, 1.165) is 17.7 Å². The lowest BCUT2D eigenvalue weighted by atomic mass is 9.79. The summed E-state index contributed by atoms with van der Waals surface area (Å²) in [7, 11) is 0. The van der Waals surface area contributed by atoms with Crippen molar-refractivity contribution >= 4 is 5.91 Å². The number of halogens is 3. The Morgan fingerprint density at radius 2 is 1.76 bits per heavy atom. The number of carbonyl (C=O) groups is 1. The molecule has 0 bridgehead atoms. The Bertz CT molecular complexity index is 851. The first-order valence-electron chi connectivity index (χ1n) is 10.1. The van der Waals surface area contributed by atoms with Gasteiger partial charge in [-0.25, -0.2) is 0 Å². The second-order valence-electron chi connectivity index (χ2n) is 8.02. The van der Waals surface area contributed by atoms with Crippen molar-refractivity contribution in [3.8, 4) is 0 Å². The van der Waals surface area contributed by atoms with Crippen molar-refractivity contribution in [3.05, 3.63) is 76.2 Å². The monoisotopic (exact) mass is 402 g/mol. The Balaban J connectivity index is 1.74. The van der Waals surface area contributed by atoms with Crippen molar-refractivity contribution in [2.45, 2.75) is 64.6 Å². The molecule has 0 atom stereocenters. The van der Waals surface area contributed by atoms with Gasteiger partial charge in [-0.15, -0.1) is 0 Å². The summed E-state index contributed by atoms with van der Waals surface area (Å²) in [6, 6.07) is 10.8. The zero-order chi connectivity index (χ0) is 21.0. The van der Waals surface area contributed by atoms with Gasteiger partial charge in [0.25, 0.3) is 5.91 Å². The lowest BCUT2D eigenvalue weighted by molar-refractivity contribution is -0.137. The van der Waals surface area contributed by atoms with Crippen LogP contribution >= 0.6 is 0 Å². The predicted molar refractivity (Wildman–Crippen MR) is 109 cm³/mol. The SMILES string of the molecule is C[C](C)c1ccc(CNC(=O)c2cccc(C(F)(F)F)c2)cc1C1CCCCC1. The number of alkyl halides is 3. The van der Waals surface area contributed by atoms with E-state index in [1.165, 1.54) is 61.3 Å². The van der Waals surface area contributed by atoms with Gasteiger partial charge in [0.1, 0.15) is 0 Å². The molecule has 0 spiro atoms. The molecule has 1 saturated carbocycles. The van der Waals surface area contributed by atoms with Crippen molar-refractivity contribution in [3.63, 3.8) is 0 Å². The Kier molecular flexibility index (Phi) is 6.66. The predicted octanol–water partition coefficient (Wildman–Crippen LogP) is 6.65. The van der Waals surface area contributed by atoms with Gasteiger partial charge in [-0.05, 0) is 59.6 Å². The van der Waals surface area contributed by atoms with Gasteiger partial charge >= 0.3 is 6.18 Å². The Hall–Kier alpha value is -2.30. The molecule has 155 valence electrons. The number of hydrogen-bond acceptors (Lipinski definition) is 1. The summed E-state index contributed by atoms with van der Waals surface area (Å²) in [5, 5.41) is 2.76. The Labute approximate surface area is 170 Å². The summed E-state index contributed by atoms with van der Waals surface area (Å²) < 4.78 is 38.6. The van der Waals surface area contributed by atoms with E-state index in [0.29, 0.717) is 5.92 Å². The summed E-state index contributed by atoms with van der Waals surface area (Å²) >= 11 is 0. The zero-order valence-corrected chi connectivity index (χ0v) is 16.9. The van der Waals surface area contributed by atoms with Crippen LogP contribution in [0, 0.1) is 5.92 Å². The summed E-state index contributed by atoms with van der Waals surface area (Å²) in [6.07, 6.45) is 1.66. The smallest absolute Gasteiger partial charge is 0.348 e. The van der Waals surface area contributed by atoms with Gasteiger partial charge in [-0.1, -0.05) is 57.4 Å².